The summed E-state index contributed by atoms with van der Waals surface area (Å²) < 4.78 is 0. The van der Waals surface area contributed by atoms with E-state index >= 15 is 0 Å². The van der Waals surface area contributed by atoms with Gasteiger partial charge in [0.15, 0.2) is 0 Å². The molecule has 0 saturated carbocycles. The maximum Gasteiger partial charge on any atom is 0.0205 e. The summed E-state index contributed by atoms with van der Waals surface area (Å²) in [7, 11) is 0. The molecule has 2 N–H and O–H groups in total. The first-order valence-electron chi connectivity index (χ1n) is 7.37. The van der Waals surface area contributed by atoms with Crippen molar-refractivity contribution in [1.29, 1.82) is 0 Å². The molecule has 0 spiro atoms. The van der Waals surface area contributed by atoms with Gasteiger partial charge in [-0.25, -0.2) is 0 Å². The molecule has 1 heterocycles. The first kappa shape index (κ1) is 13.6. The van der Waals surface area contributed by atoms with Gasteiger partial charge in [-0.15, -0.1) is 0 Å². The SMILES string of the molecule is CCCc1ccc(CNCC2CCCNC2)cc1. The van der Waals surface area contributed by atoms with Crippen molar-refractivity contribution >= 4 is 0 Å². The highest BCUT2D eigenvalue weighted by atomic mass is 14.9. The van der Waals surface area contributed by atoms with Gasteiger partial charge >= 0.3 is 0 Å². The standard InChI is InChI=1S/C16H26N2/c1-2-4-14-6-8-15(9-7-14)11-18-13-16-5-3-10-17-12-16/h6-9,16-18H,2-5,10-13H2,1H3. The van der Waals surface area contributed by atoms with E-state index in [2.05, 4.69) is 41.8 Å². The molecule has 2 rings (SSSR count). The molecule has 0 aromatic heterocycles. The molecule has 0 radical (unpaired) electrons. The Labute approximate surface area is 111 Å². The first-order valence-corrected chi connectivity index (χ1v) is 7.37. The quantitative estimate of drug-likeness (QED) is 0.806. The third-order valence-corrected chi connectivity index (χ3v) is 3.72. The van der Waals surface area contributed by atoms with Gasteiger partial charge in [0.25, 0.3) is 0 Å². The van der Waals surface area contributed by atoms with Gasteiger partial charge in [0.05, 0.1) is 0 Å². The second-order valence-corrected chi connectivity index (χ2v) is 5.41. The second kappa shape index (κ2) is 7.55. The highest BCUT2D eigenvalue weighted by molar-refractivity contribution is 5.22. The molecule has 1 atom stereocenters. The van der Waals surface area contributed by atoms with Crippen molar-refractivity contribution in [2.24, 2.45) is 5.92 Å². The van der Waals surface area contributed by atoms with E-state index in [9.17, 15) is 0 Å². The van der Waals surface area contributed by atoms with Gasteiger partial charge in [-0.05, 0) is 55.9 Å². The first-order chi connectivity index (χ1) is 8.88. The molecule has 0 aliphatic carbocycles. The number of hydrogen-bond donors (Lipinski definition) is 2. The lowest BCUT2D eigenvalue weighted by atomic mass is 9.99. The van der Waals surface area contributed by atoms with Crippen LogP contribution in [0.3, 0.4) is 0 Å². The number of benzene rings is 1. The number of nitrogens with one attached hydrogen (secondary N) is 2. The van der Waals surface area contributed by atoms with Gasteiger partial charge in [-0.3, -0.25) is 0 Å². The zero-order valence-electron chi connectivity index (χ0n) is 11.5. The van der Waals surface area contributed by atoms with E-state index in [1.165, 1.54) is 49.9 Å². The molecule has 2 heteroatoms. The zero-order valence-corrected chi connectivity index (χ0v) is 11.5. The lowest BCUT2D eigenvalue weighted by Crippen LogP contribution is -2.35. The number of piperidine rings is 1. The van der Waals surface area contributed by atoms with Crippen molar-refractivity contribution in [2.75, 3.05) is 19.6 Å². The molecule has 1 unspecified atom stereocenters. The number of rotatable bonds is 6. The predicted molar refractivity (Wildman–Crippen MR) is 77.7 cm³/mol. The topological polar surface area (TPSA) is 24.1 Å². The van der Waals surface area contributed by atoms with Crippen LogP contribution in [0.1, 0.15) is 37.3 Å². The Hall–Kier alpha value is -0.860. The van der Waals surface area contributed by atoms with Crippen molar-refractivity contribution in [3.8, 4) is 0 Å². The average molecular weight is 246 g/mol. The monoisotopic (exact) mass is 246 g/mol. The van der Waals surface area contributed by atoms with Gasteiger partial charge in [0.2, 0.25) is 0 Å². The minimum Gasteiger partial charge on any atom is -0.316 e. The van der Waals surface area contributed by atoms with E-state index in [-0.39, 0.29) is 0 Å². The molecular weight excluding hydrogens is 220 g/mol. The lowest BCUT2D eigenvalue weighted by Gasteiger charge is -2.23. The normalized spacial score (nSPS) is 19.9. The lowest BCUT2D eigenvalue weighted by molar-refractivity contribution is 0.360. The summed E-state index contributed by atoms with van der Waals surface area (Å²) in [5.41, 5.74) is 2.86. The van der Waals surface area contributed by atoms with E-state index in [0.717, 1.165) is 19.0 Å². The van der Waals surface area contributed by atoms with Crippen molar-refractivity contribution in [2.45, 2.75) is 39.2 Å². The van der Waals surface area contributed by atoms with E-state index in [1.54, 1.807) is 0 Å². The molecule has 1 aliphatic heterocycles. The van der Waals surface area contributed by atoms with E-state index in [1.807, 2.05) is 0 Å². The Morgan fingerprint density at radius 2 is 2.00 bits per heavy atom. The third-order valence-electron chi connectivity index (χ3n) is 3.72. The van der Waals surface area contributed by atoms with Crippen molar-refractivity contribution in [1.82, 2.24) is 10.6 Å². The molecule has 1 saturated heterocycles. The highest BCUT2D eigenvalue weighted by Crippen LogP contribution is 2.09. The Morgan fingerprint density at radius 3 is 2.67 bits per heavy atom. The Balaban J connectivity index is 1.69. The molecular formula is C16H26N2. The molecule has 1 aromatic carbocycles. The van der Waals surface area contributed by atoms with Crippen molar-refractivity contribution < 1.29 is 0 Å². The molecule has 1 fully saturated rings. The number of aryl methyl sites for hydroxylation is 1. The largest absolute Gasteiger partial charge is 0.316 e. The van der Waals surface area contributed by atoms with Crippen LogP contribution >= 0.6 is 0 Å². The van der Waals surface area contributed by atoms with Crippen LogP contribution in [-0.2, 0) is 13.0 Å². The second-order valence-electron chi connectivity index (χ2n) is 5.41. The fourth-order valence-electron chi connectivity index (χ4n) is 2.63. The Kier molecular flexibility index (Phi) is 5.69. The molecule has 2 nitrogen and oxygen atoms in total. The minimum atomic E-state index is 0.818. The summed E-state index contributed by atoms with van der Waals surface area (Å²) in [4.78, 5) is 0. The van der Waals surface area contributed by atoms with Gasteiger partial charge in [-0.2, -0.15) is 0 Å². The minimum absolute atomic E-state index is 0.818. The van der Waals surface area contributed by atoms with Gasteiger partial charge in [0, 0.05) is 6.54 Å². The van der Waals surface area contributed by atoms with Crippen LogP contribution in [0.4, 0.5) is 0 Å². The highest BCUT2D eigenvalue weighted by Gasteiger charge is 2.11. The summed E-state index contributed by atoms with van der Waals surface area (Å²) in [6, 6.07) is 9.06. The molecule has 100 valence electrons. The van der Waals surface area contributed by atoms with E-state index in [4.69, 9.17) is 0 Å². The Bertz CT molecular complexity index is 325. The smallest absolute Gasteiger partial charge is 0.0205 e. The summed E-state index contributed by atoms with van der Waals surface area (Å²) in [5, 5.41) is 7.05. The third kappa shape index (κ3) is 4.43. The summed E-state index contributed by atoms with van der Waals surface area (Å²) in [6.07, 6.45) is 5.13. The number of hydrogen-bond acceptors (Lipinski definition) is 2. The van der Waals surface area contributed by atoms with Crippen LogP contribution in [-0.4, -0.2) is 19.6 Å². The maximum atomic E-state index is 3.58. The average Bonchev–Trinajstić information content (AvgIpc) is 2.42. The van der Waals surface area contributed by atoms with Crippen LogP contribution in [0, 0.1) is 5.92 Å². The molecule has 18 heavy (non-hydrogen) atoms. The molecule has 1 aromatic rings. The van der Waals surface area contributed by atoms with E-state index < -0.39 is 0 Å². The van der Waals surface area contributed by atoms with Crippen LogP contribution in [0.25, 0.3) is 0 Å². The summed E-state index contributed by atoms with van der Waals surface area (Å²) in [6.45, 7) is 6.76. The summed E-state index contributed by atoms with van der Waals surface area (Å²) >= 11 is 0. The molecule has 1 aliphatic rings. The van der Waals surface area contributed by atoms with Crippen LogP contribution in [0.5, 0.6) is 0 Å². The van der Waals surface area contributed by atoms with Gasteiger partial charge < -0.3 is 10.6 Å². The van der Waals surface area contributed by atoms with Crippen molar-refractivity contribution in [3.63, 3.8) is 0 Å². The fourth-order valence-corrected chi connectivity index (χ4v) is 2.63. The van der Waals surface area contributed by atoms with Crippen LogP contribution in [0.15, 0.2) is 24.3 Å². The van der Waals surface area contributed by atoms with Crippen LogP contribution in [0.2, 0.25) is 0 Å². The van der Waals surface area contributed by atoms with Crippen molar-refractivity contribution in [3.05, 3.63) is 35.4 Å². The summed E-state index contributed by atoms with van der Waals surface area (Å²) in [5.74, 6) is 0.818. The van der Waals surface area contributed by atoms with Crippen LogP contribution < -0.4 is 10.6 Å². The zero-order chi connectivity index (χ0) is 12.6. The fraction of sp³-hybridized carbons (Fsp3) is 0.625. The molecule has 0 amide bonds. The van der Waals surface area contributed by atoms with Gasteiger partial charge in [-0.1, -0.05) is 37.6 Å². The Morgan fingerprint density at radius 1 is 1.22 bits per heavy atom. The predicted octanol–water partition coefficient (Wildman–Crippen LogP) is 2.73. The molecule has 0 bridgehead atoms. The van der Waals surface area contributed by atoms with Gasteiger partial charge in [0.1, 0.15) is 0 Å². The van der Waals surface area contributed by atoms with E-state index in [0.29, 0.717) is 0 Å². The maximum absolute atomic E-state index is 3.58.